The molecule has 0 aromatic rings. The van der Waals surface area contributed by atoms with Crippen LogP contribution in [0.1, 0.15) is 39.5 Å². The Morgan fingerprint density at radius 1 is 1.09 bits per heavy atom. The number of hydrogen-bond acceptors (Lipinski definition) is 1. The van der Waals surface area contributed by atoms with Gasteiger partial charge < -0.3 is 4.90 Å². The molecule has 0 bridgehead atoms. The second kappa shape index (κ2) is 7.58. The maximum absolute atomic E-state index is 10.4. The predicted octanol–water partition coefficient (Wildman–Crippen LogP) is 2.04. The number of hydrogen-bond donors (Lipinski definition) is 0. The summed E-state index contributed by atoms with van der Waals surface area (Å²) in [5.74, 6) is 0. The molecule has 0 aliphatic carbocycles. The number of carbonyl (C=O) groups excluding carboxylic acids is 1. The van der Waals surface area contributed by atoms with Gasteiger partial charge in [0.25, 0.3) is 0 Å². The van der Waals surface area contributed by atoms with E-state index in [0.29, 0.717) is 0 Å². The van der Waals surface area contributed by atoms with Crippen molar-refractivity contribution in [1.29, 1.82) is 0 Å². The molecule has 0 spiro atoms. The number of rotatable bonds is 7. The Kier molecular flexibility index (Phi) is 7.21. The maximum Gasteiger partial charge on any atom is 0.209 e. The van der Waals surface area contributed by atoms with E-state index in [0.717, 1.165) is 45.2 Å². The first-order chi connectivity index (χ1) is 5.35. The van der Waals surface area contributed by atoms with Gasteiger partial charge in [0.1, 0.15) is 0 Å². The minimum absolute atomic E-state index is 0.931. The number of unbranched alkanes of at least 4 members (excludes halogenated alkanes) is 2. The first kappa shape index (κ1) is 10.5. The molecule has 0 N–H and O–H groups in total. The summed E-state index contributed by atoms with van der Waals surface area (Å²) in [5.41, 5.74) is 0. The molecule has 0 fully saturated rings. The molecule has 0 radical (unpaired) electrons. The second-order valence-electron chi connectivity index (χ2n) is 2.85. The Balaban J connectivity index is 3.33. The smallest absolute Gasteiger partial charge is 0.209 e. The molecular formula is C9H19NO. The van der Waals surface area contributed by atoms with Crippen molar-refractivity contribution >= 4 is 6.41 Å². The third-order valence-electron chi connectivity index (χ3n) is 1.75. The van der Waals surface area contributed by atoms with E-state index in [9.17, 15) is 4.79 Å². The van der Waals surface area contributed by atoms with E-state index < -0.39 is 0 Å². The van der Waals surface area contributed by atoms with Gasteiger partial charge in [-0.3, -0.25) is 4.79 Å². The Hall–Kier alpha value is -0.530. The lowest BCUT2D eigenvalue weighted by atomic mass is 10.3. The topological polar surface area (TPSA) is 20.3 Å². The molecule has 0 aliphatic heterocycles. The summed E-state index contributed by atoms with van der Waals surface area (Å²) in [6.07, 6.45) is 5.54. The van der Waals surface area contributed by atoms with Crippen LogP contribution in [-0.4, -0.2) is 24.4 Å². The molecule has 0 saturated carbocycles. The summed E-state index contributed by atoms with van der Waals surface area (Å²) >= 11 is 0. The minimum Gasteiger partial charge on any atom is -0.345 e. The Morgan fingerprint density at radius 2 is 1.55 bits per heavy atom. The van der Waals surface area contributed by atoms with Gasteiger partial charge in [-0.2, -0.15) is 0 Å². The van der Waals surface area contributed by atoms with Crippen molar-refractivity contribution in [1.82, 2.24) is 4.90 Å². The third-order valence-corrected chi connectivity index (χ3v) is 1.75. The fourth-order valence-corrected chi connectivity index (χ4v) is 0.940. The van der Waals surface area contributed by atoms with Crippen molar-refractivity contribution in [3.63, 3.8) is 0 Å². The van der Waals surface area contributed by atoms with Crippen molar-refractivity contribution in [2.24, 2.45) is 0 Å². The average Bonchev–Trinajstić information content (AvgIpc) is 2.05. The normalized spacial score (nSPS) is 9.64. The third kappa shape index (κ3) is 5.89. The standard InChI is InChI=1S/C9H19NO/c1-3-5-7-10(9-11)8-6-4-2/h9H,3-8H2,1-2H3. The Bertz CT molecular complexity index is 85.6. The predicted molar refractivity (Wildman–Crippen MR) is 47.5 cm³/mol. The largest absolute Gasteiger partial charge is 0.345 e. The van der Waals surface area contributed by atoms with Gasteiger partial charge in [-0.1, -0.05) is 26.7 Å². The summed E-state index contributed by atoms with van der Waals surface area (Å²) in [7, 11) is 0. The lowest BCUT2D eigenvalue weighted by molar-refractivity contribution is -0.118. The van der Waals surface area contributed by atoms with Crippen LogP contribution in [0.5, 0.6) is 0 Å². The molecular weight excluding hydrogens is 138 g/mol. The molecule has 1 amide bonds. The van der Waals surface area contributed by atoms with Gasteiger partial charge in [0.05, 0.1) is 0 Å². The van der Waals surface area contributed by atoms with Gasteiger partial charge in [-0.05, 0) is 12.8 Å². The molecule has 0 aliphatic rings. The van der Waals surface area contributed by atoms with Crippen LogP contribution in [0.2, 0.25) is 0 Å². The van der Waals surface area contributed by atoms with Crippen LogP contribution in [0, 0.1) is 0 Å². The Morgan fingerprint density at radius 3 is 1.82 bits per heavy atom. The summed E-state index contributed by atoms with van der Waals surface area (Å²) in [4.78, 5) is 12.3. The van der Waals surface area contributed by atoms with Crippen molar-refractivity contribution in [2.45, 2.75) is 39.5 Å². The van der Waals surface area contributed by atoms with Crippen LogP contribution in [0.25, 0.3) is 0 Å². The summed E-state index contributed by atoms with van der Waals surface area (Å²) < 4.78 is 0. The van der Waals surface area contributed by atoms with Gasteiger partial charge in [-0.15, -0.1) is 0 Å². The number of amides is 1. The molecule has 0 rings (SSSR count). The molecule has 2 heteroatoms. The lowest BCUT2D eigenvalue weighted by Gasteiger charge is -2.15. The SMILES string of the molecule is CCCCN(C=O)CCCC. The van der Waals surface area contributed by atoms with E-state index >= 15 is 0 Å². The van der Waals surface area contributed by atoms with Crippen LogP contribution in [0.3, 0.4) is 0 Å². The number of nitrogens with zero attached hydrogens (tertiary/aromatic N) is 1. The summed E-state index contributed by atoms with van der Waals surface area (Å²) in [6, 6.07) is 0. The van der Waals surface area contributed by atoms with Crippen LogP contribution in [0.15, 0.2) is 0 Å². The molecule has 0 atom stereocenters. The van der Waals surface area contributed by atoms with Crippen molar-refractivity contribution in [2.75, 3.05) is 13.1 Å². The highest BCUT2D eigenvalue weighted by molar-refractivity contribution is 5.46. The molecule has 0 aromatic carbocycles. The van der Waals surface area contributed by atoms with E-state index in [-0.39, 0.29) is 0 Å². The minimum atomic E-state index is 0.931. The van der Waals surface area contributed by atoms with Crippen LogP contribution in [-0.2, 0) is 4.79 Å². The van der Waals surface area contributed by atoms with Crippen molar-refractivity contribution < 1.29 is 4.79 Å². The first-order valence-corrected chi connectivity index (χ1v) is 4.54. The second-order valence-corrected chi connectivity index (χ2v) is 2.85. The molecule has 2 nitrogen and oxygen atoms in total. The maximum atomic E-state index is 10.4. The fraction of sp³-hybridized carbons (Fsp3) is 0.889. The highest BCUT2D eigenvalue weighted by atomic mass is 16.1. The van der Waals surface area contributed by atoms with Gasteiger partial charge in [-0.25, -0.2) is 0 Å². The zero-order valence-corrected chi connectivity index (χ0v) is 7.68. The van der Waals surface area contributed by atoms with E-state index in [1.165, 1.54) is 0 Å². The molecule has 0 aromatic heterocycles. The van der Waals surface area contributed by atoms with E-state index in [4.69, 9.17) is 0 Å². The zero-order chi connectivity index (χ0) is 8.53. The average molecular weight is 157 g/mol. The monoisotopic (exact) mass is 157 g/mol. The van der Waals surface area contributed by atoms with Gasteiger partial charge in [0, 0.05) is 13.1 Å². The van der Waals surface area contributed by atoms with Crippen LogP contribution < -0.4 is 0 Å². The van der Waals surface area contributed by atoms with Crippen molar-refractivity contribution in [3.05, 3.63) is 0 Å². The highest BCUT2D eigenvalue weighted by Crippen LogP contribution is 1.95. The fourth-order valence-electron chi connectivity index (χ4n) is 0.940. The first-order valence-electron chi connectivity index (χ1n) is 4.54. The van der Waals surface area contributed by atoms with Crippen LogP contribution >= 0.6 is 0 Å². The summed E-state index contributed by atoms with van der Waals surface area (Å²) in [5, 5.41) is 0. The lowest BCUT2D eigenvalue weighted by Crippen LogP contribution is -2.24. The van der Waals surface area contributed by atoms with Crippen LogP contribution in [0.4, 0.5) is 0 Å². The molecule has 66 valence electrons. The Labute approximate surface area is 69.6 Å². The van der Waals surface area contributed by atoms with Gasteiger partial charge in [0.15, 0.2) is 0 Å². The molecule has 11 heavy (non-hydrogen) atoms. The molecule has 0 heterocycles. The quantitative estimate of drug-likeness (QED) is 0.518. The van der Waals surface area contributed by atoms with E-state index in [1.807, 2.05) is 4.90 Å². The van der Waals surface area contributed by atoms with Gasteiger partial charge in [0.2, 0.25) is 6.41 Å². The summed E-state index contributed by atoms with van der Waals surface area (Å²) in [6.45, 7) is 6.14. The van der Waals surface area contributed by atoms with E-state index in [2.05, 4.69) is 13.8 Å². The molecule has 0 saturated heterocycles. The van der Waals surface area contributed by atoms with Crippen molar-refractivity contribution in [3.8, 4) is 0 Å². The zero-order valence-electron chi connectivity index (χ0n) is 7.68. The van der Waals surface area contributed by atoms with Gasteiger partial charge >= 0.3 is 0 Å². The number of carbonyl (C=O) groups is 1. The molecule has 0 unspecified atom stereocenters. The van der Waals surface area contributed by atoms with E-state index in [1.54, 1.807) is 0 Å². The highest BCUT2D eigenvalue weighted by Gasteiger charge is 1.97.